The molecule has 0 bridgehead atoms. The Balaban J connectivity index is 1.59. The number of furan rings is 1. The molecule has 1 atom stereocenters. The molecule has 2 heterocycles. The summed E-state index contributed by atoms with van der Waals surface area (Å²) >= 11 is 0. The van der Waals surface area contributed by atoms with E-state index >= 15 is 0 Å². The van der Waals surface area contributed by atoms with Crippen LogP contribution in [0.4, 0.5) is 4.79 Å². The van der Waals surface area contributed by atoms with Crippen molar-refractivity contribution in [1.82, 2.24) is 15.1 Å². The molecule has 3 rings (SSSR count). The van der Waals surface area contributed by atoms with Crippen LogP contribution < -0.4 is 5.32 Å². The van der Waals surface area contributed by atoms with Crippen molar-refractivity contribution in [2.24, 2.45) is 5.92 Å². The molecule has 0 aliphatic carbocycles. The summed E-state index contributed by atoms with van der Waals surface area (Å²) in [5.74, 6) is 1.52. The van der Waals surface area contributed by atoms with Crippen molar-refractivity contribution in [3.63, 3.8) is 0 Å². The van der Waals surface area contributed by atoms with E-state index in [0.29, 0.717) is 12.5 Å². The standard InChI is InChI=1S/C22H33N3O2/c1-5-25(17(4)21-14-18-8-6-7-9-20(18)27-21)22(26)23-19-10-12-24(13-11-19)15-16(2)3/h6-9,14,16-17,19H,5,10-13,15H2,1-4H3,(H,23,26)/t17-/m1/s1. The van der Waals surface area contributed by atoms with Crippen molar-refractivity contribution < 1.29 is 9.21 Å². The molecular weight excluding hydrogens is 338 g/mol. The number of urea groups is 1. The smallest absolute Gasteiger partial charge is 0.318 e. The van der Waals surface area contributed by atoms with Crippen LogP contribution in [-0.4, -0.2) is 48.1 Å². The maximum absolute atomic E-state index is 12.9. The fraction of sp³-hybridized carbons (Fsp3) is 0.591. The van der Waals surface area contributed by atoms with E-state index in [0.717, 1.165) is 49.2 Å². The Morgan fingerprint density at radius 3 is 2.59 bits per heavy atom. The van der Waals surface area contributed by atoms with E-state index in [9.17, 15) is 4.79 Å². The lowest BCUT2D eigenvalue weighted by atomic mass is 10.0. The fourth-order valence-electron chi connectivity index (χ4n) is 3.99. The average molecular weight is 372 g/mol. The molecule has 5 nitrogen and oxygen atoms in total. The third-order valence-corrected chi connectivity index (χ3v) is 5.46. The normalized spacial score (nSPS) is 17.4. The first-order valence-corrected chi connectivity index (χ1v) is 10.3. The Labute approximate surface area is 162 Å². The number of rotatable bonds is 6. The number of piperidine rings is 1. The summed E-state index contributed by atoms with van der Waals surface area (Å²) in [6.45, 7) is 12.5. The van der Waals surface area contributed by atoms with Gasteiger partial charge in [0.05, 0.1) is 6.04 Å². The van der Waals surface area contributed by atoms with Gasteiger partial charge in [0.1, 0.15) is 11.3 Å². The summed E-state index contributed by atoms with van der Waals surface area (Å²) in [6, 6.07) is 10.2. The van der Waals surface area contributed by atoms with Gasteiger partial charge in [-0.15, -0.1) is 0 Å². The van der Waals surface area contributed by atoms with Crippen LogP contribution in [0.5, 0.6) is 0 Å². The first-order chi connectivity index (χ1) is 13.0. The Morgan fingerprint density at radius 2 is 1.96 bits per heavy atom. The van der Waals surface area contributed by atoms with Gasteiger partial charge in [-0.05, 0) is 44.7 Å². The predicted molar refractivity (Wildman–Crippen MR) is 110 cm³/mol. The average Bonchev–Trinajstić information content (AvgIpc) is 3.07. The molecule has 1 saturated heterocycles. The number of nitrogens with zero attached hydrogens (tertiary/aromatic N) is 2. The minimum atomic E-state index is -0.0940. The van der Waals surface area contributed by atoms with Crippen LogP contribution in [-0.2, 0) is 0 Å². The zero-order chi connectivity index (χ0) is 19.4. The van der Waals surface area contributed by atoms with Crippen molar-refractivity contribution in [3.8, 4) is 0 Å². The van der Waals surface area contributed by atoms with E-state index in [2.05, 4.69) is 24.1 Å². The van der Waals surface area contributed by atoms with Gasteiger partial charge in [-0.1, -0.05) is 32.0 Å². The van der Waals surface area contributed by atoms with Crippen LogP contribution in [0.1, 0.15) is 52.3 Å². The quantitative estimate of drug-likeness (QED) is 0.804. The molecule has 1 aliphatic rings. The van der Waals surface area contributed by atoms with Crippen molar-refractivity contribution in [1.29, 1.82) is 0 Å². The lowest BCUT2D eigenvalue weighted by Crippen LogP contribution is -2.50. The maximum atomic E-state index is 12.9. The number of fused-ring (bicyclic) bond motifs is 1. The fourth-order valence-corrected chi connectivity index (χ4v) is 3.99. The molecule has 2 aromatic rings. The van der Waals surface area contributed by atoms with Crippen molar-refractivity contribution >= 4 is 17.0 Å². The molecule has 1 aliphatic heterocycles. The molecule has 2 amide bonds. The first kappa shape index (κ1) is 19.7. The number of carbonyl (C=O) groups excluding carboxylic acids is 1. The van der Waals surface area contributed by atoms with E-state index in [1.165, 1.54) is 0 Å². The van der Waals surface area contributed by atoms with E-state index in [4.69, 9.17) is 4.42 Å². The summed E-state index contributed by atoms with van der Waals surface area (Å²) in [5, 5.41) is 4.32. The predicted octanol–water partition coefficient (Wildman–Crippen LogP) is 4.65. The zero-order valence-electron chi connectivity index (χ0n) is 17.1. The third-order valence-electron chi connectivity index (χ3n) is 5.46. The molecule has 27 heavy (non-hydrogen) atoms. The van der Waals surface area contributed by atoms with Crippen LogP contribution >= 0.6 is 0 Å². The minimum Gasteiger partial charge on any atom is -0.459 e. The van der Waals surface area contributed by atoms with E-state index in [1.54, 1.807) is 0 Å². The van der Waals surface area contributed by atoms with Gasteiger partial charge < -0.3 is 19.5 Å². The topological polar surface area (TPSA) is 48.7 Å². The monoisotopic (exact) mass is 371 g/mol. The molecule has 0 spiro atoms. The highest BCUT2D eigenvalue weighted by Gasteiger charge is 2.26. The van der Waals surface area contributed by atoms with Gasteiger partial charge >= 0.3 is 6.03 Å². The summed E-state index contributed by atoms with van der Waals surface area (Å²) in [6.07, 6.45) is 2.05. The van der Waals surface area contributed by atoms with Crippen molar-refractivity contribution in [2.75, 3.05) is 26.2 Å². The number of hydrogen-bond acceptors (Lipinski definition) is 3. The van der Waals surface area contributed by atoms with Gasteiger partial charge in [-0.25, -0.2) is 4.79 Å². The van der Waals surface area contributed by atoms with Crippen LogP contribution in [0, 0.1) is 5.92 Å². The Bertz CT molecular complexity index is 714. The maximum Gasteiger partial charge on any atom is 0.318 e. The molecule has 1 aromatic carbocycles. The first-order valence-electron chi connectivity index (χ1n) is 10.3. The molecule has 0 saturated carbocycles. The summed E-state index contributed by atoms with van der Waals surface area (Å²) in [5.41, 5.74) is 0.869. The summed E-state index contributed by atoms with van der Waals surface area (Å²) in [4.78, 5) is 17.3. The van der Waals surface area contributed by atoms with Gasteiger partial charge in [0.2, 0.25) is 0 Å². The Morgan fingerprint density at radius 1 is 1.26 bits per heavy atom. The second kappa shape index (κ2) is 8.79. The SMILES string of the molecule is CCN(C(=O)NC1CCN(CC(C)C)CC1)[C@H](C)c1cc2ccccc2o1. The number of likely N-dealkylation sites (tertiary alicyclic amines) is 1. The largest absolute Gasteiger partial charge is 0.459 e. The second-order valence-corrected chi connectivity index (χ2v) is 8.07. The number of carbonyl (C=O) groups is 1. The minimum absolute atomic E-state index is 0.00719. The van der Waals surface area contributed by atoms with Gasteiger partial charge in [-0.3, -0.25) is 0 Å². The Kier molecular flexibility index (Phi) is 6.42. The van der Waals surface area contributed by atoms with Gasteiger partial charge in [0.15, 0.2) is 0 Å². The molecule has 0 radical (unpaired) electrons. The van der Waals surface area contributed by atoms with Crippen LogP contribution in [0.25, 0.3) is 11.0 Å². The van der Waals surface area contributed by atoms with E-state index in [1.807, 2.05) is 49.1 Å². The van der Waals surface area contributed by atoms with Crippen LogP contribution in [0.15, 0.2) is 34.7 Å². The highest BCUT2D eigenvalue weighted by Crippen LogP contribution is 2.27. The molecule has 1 N–H and O–H groups in total. The van der Waals surface area contributed by atoms with Gasteiger partial charge in [0, 0.05) is 37.6 Å². The number of para-hydroxylation sites is 1. The highest BCUT2D eigenvalue weighted by molar-refractivity contribution is 5.78. The molecule has 1 fully saturated rings. The summed E-state index contributed by atoms with van der Waals surface area (Å²) < 4.78 is 5.98. The molecule has 148 valence electrons. The van der Waals surface area contributed by atoms with Crippen molar-refractivity contribution in [3.05, 3.63) is 36.1 Å². The van der Waals surface area contributed by atoms with E-state index in [-0.39, 0.29) is 18.1 Å². The van der Waals surface area contributed by atoms with Crippen LogP contribution in [0.3, 0.4) is 0 Å². The molecular formula is C22H33N3O2. The molecule has 0 unspecified atom stereocenters. The number of nitrogens with one attached hydrogen (secondary N) is 1. The zero-order valence-corrected chi connectivity index (χ0v) is 17.1. The second-order valence-electron chi connectivity index (χ2n) is 8.07. The molecule has 1 aromatic heterocycles. The van der Waals surface area contributed by atoms with E-state index < -0.39 is 0 Å². The lowest BCUT2D eigenvalue weighted by Gasteiger charge is -2.35. The van der Waals surface area contributed by atoms with Crippen molar-refractivity contribution in [2.45, 2.75) is 52.6 Å². The Hall–Kier alpha value is -2.01. The number of amides is 2. The number of benzene rings is 1. The molecule has 5 heteroatoms. The summed E-state index contributed by atoms with van der Waals surface area (Å²) in [7, 11) is 0. The van der Waals surface area contributed by atoms with Gasteiger partial charge in [0.25, 0.3) is 0 Å². The third kappa shape index (κ3) is 4.83. The van der Waals surface area contributed by atoms with Gasteiger partial charge in [-0.2, -0.15) is 0 Å². The lowest BCUT2D eigenvalue weighted by molar-refractivity contribution is 0.153. The van der Waals surface area contributed by atoms with Crippen LogP contribution in [0.2, 0.25) is 0 Å². The highest BCUT2D eigenvalue weighted by atomic mass is 16.3. The number of hydrogen-bond donors (Lipinski definition) is 1.